The number of phenols is 1. The molecule has 0 aliphatic heterocycles. The van der Waals surface area contributed by atoms with Crippen LogP contribution in [0.5, 0.6) is 11.5 Å². The first-order valence-electron chi connectivity index (χ1n) is 7.11. The summed E-state index contributed by atoms with van der Waals surface area (Å²) in [5, 5.41) is 18.8. The van der Waals surface area contributed by atoms with Gasteiger partial charge in [-0.25, -0.2) is 13.2 Å². The number of benzene rings is 2. The van der Waals surface area contributed by atoms with Crippen LogP contribution in [0.2, 0.25) is 0 Å². The van der Waals surface area contributed by atoms with Gasteiger partial charge in [0.15, 0.2) is 9.84 Å². The average molecular weight is 350 g/mol. The fourth-order valence-corrected chi connectivity index (χ4v) is 2.80. The van der Waals surface area contributed by atoms with Crippen LogP contribution in [0.4, 0.5) is 0 Å². The minimum absolute atomic E-state index is 0.0798. The number of hydrogen-bond donors (Lipinski definition) is 2. The van der Waals surface area contributed by atoms with Crippen molar-refractivity contribution in [2.45, 2.75) is 23.8 Å². The first kappa shape index (κ1) is 17.8. The first-order chi connectivity index (χ1) is 11.1. The van der Waals surface area contributed by atoms with Crippen molar-refractivity contribution in [1.82, 2.24) is 0 Å². The zero-order valence-corrected chi connectivity index (χ0v) is 14.1. The van der Waals surface area contributed by atoms with Crippen LogP contribution in [0.15, 0.2) is 53.4 Å². The Morgan fingerprint density at radius 2 is 1.62 bits per heavy atom. The average Bonchev–Trinajstić information content (AvgIpc) is 2.49. The monoisotopic (exact) mass is 350 g/mol. The Kier molecular flexibility index (Phi) is 4.84. The molecule has 1 atom stereocenters. The Hall–Kier alpha value is -2.54. The van der Waals surface area contributed by atoms with Gasteiger partial charge in [0.25, 0.3) is 0 Å². The maximum absolute atomic E-state index is 11.7. The highest BCUT2D eigenvalue weighted by atomic mass is 32.2. The number of phenolic OH excluding ortho intramolecular Hbond substituents is 1. The summed E-state index contributed by atoms with van der Waals surface area (Å²) in [6, 6.07) is 11.8. The second-order valence-corrected chi connectivity index (χ2v) is 7.74. The van der Waals surface area contributed by atoms with E-state index in [-0.39, 0.29) is 22.8 Å². The molecule has 0 aliphatic carbocycles. The number of carbonyl (C=O) groups is 1. The smallest absolute Gasteiger partial charge is 0.348 e. The van der Waals surface area contributed by atoms with Crippen LogP contribution < -0.4 is 4.74 Å². The minimum atomic E-state index is -3.33. The third-order valence-corrected chi connectivity index (χ3v) is 4.65. The van der Waals surface area contributed by atoms with Crippen molar-refractivity contribution >= 4 is 15.8 Å². The molecule has 2 aromatic carbocycles. The van der Waals surface area contributed by atoms with Crippen LogP contribution in [-0.2, 0) is 21.1 Å². The van der Waals surface area contributed by atoms with Crippen molar-refractivity contribution in [1.29, 1.82) is 0 Å². The SMILES string of the molecule is CC(Cc1ccc(O)cc1)(Oc1ccc(S(C)(=O)=O)cc1)C(=O)O. The normalized spacial score (nSPS) is 13.9. The standard InChI is InChI=1S/C17H18O6S/c1-17(16(19)20,11-12-3-5-13(18)6-4-12)23-14-7-9-15(10-8-14)24(2,21)22/h3-10,18H,11H2,1-2H3,(H,19,20). The van der Waals surface area contributed by atoms with Crippen molar-refractivity contribution in [2.24, 2.45) is 0 Å². The Bertz CT molecular complexity index is 824. The van der Waals surface area contributed by atoms with E-state index in [1.807, 2.05) is 0 Å². The molecule has 0 aliphatic rings. The van der Waals surface area contributed by atoms with Crippen LogP contribution in [0.25, 0.3) is 0 Å². The van der Waals surface area contributed by atoms with E-state index in [1.54, 1.807) is 12.1 Å². The Labute approximate surface area is 140 Å². The van der Waals surface area contributed by atoms with Gasteiger partial charge in [0.1, 0.15) is 11.5 Å². The van der Waals surface area contributed by atoms with Gasteiger partial charge in [0, 0.05) is 12.7 Å². The number of sulfone groups is 1. The molecular formula is C17H18O6S. The molecule has 0 saturated carbocycles. The molecule has 0 amide bonds. The molecule has 0 fully saturated rings. The molecule has 0 radical (unpaired) electrons. The van der Waals surface area contributed by atoms with Gasteiger partial charge in [0.2, 0.25) is 5.60 Å². The third kappa shape index (κ3) is 4.26. The van der Waals surface area contributed by atoms with Crippen molar-refractivity contribution in [3.05, 3.63) is 54.1 Å². The van der Waals surface area contributed by atoms with Crippen LogP contribution in [0, 0.1) is 0 Å². The Morgan fingerprint density at radius 1 is 1.08 bits per heavy atom. The summed E-state index contributed by atoms with van der Waals surface area (Å²) in [5.74, 6) is -0.804. The highest BCUT2D eigenvalue weighted by Gasteiger charge is 2.36. The molecule has 0 bridgehead atoms. The predicted molar refractivity (Wildman–Crippen MR) is 88.0 cm³/mol. The number of ether oxygens (including phenoxy) is 1. The number of carboxylic acids is 1. The molecule has 2 N–H and O–H groups in total. The van der Waals surface area contributed by atoms with E-state index in [2.05, 4.69) is 0 Å². The summed E-state index contributed by atoms with van der Waals surface area (Å²) in [4.78, 5) is 11.8. The molecule has 7 heteroatoms. The molecule has 2 aromatic rings. The summed E-state index contributed by atoms with van der Waals surface area (Å²) < 4.78 is 28.5. The van der Waals surface area contributed by atoms with Gasteiger partial charge in [-0.1, -0.05) is 12.1 Å². The molecule has 2 rings (SSSR count). The second kappa shape index (κ2) is 6.52. The molecule has 0 heterocycles. The largest absolute Gasteiger partial charge is 0.508 e. The Morgan fingerprint density at radius 3 is 2.08 bits per heavy atom. The van der Waals surface area contributed by atoms with Gasteiger partial charge >= 0.3 is 5.97 Å². The molecule has 24 heavy (non-hydrogen) atoms. The molecule has 1 unspecified atom stereocenters. The molecule has 0 spiro atoms. The fraction of sp³-hybridized carbons (Fsp3) is 0.235. The maximum Gasteiger partial charge on any atom is 0.348 e. The van der Waals surface area contributed by atoms with E-state index >= 15 is 0 Å². The molecule has 128 valence electrons. The summed E-state index contributed by atoms with van der Waals surface area (Å²) in [5.41, 5.74) is -0.853. The highest BCUT2D eigenvalue weighted by molar-refractivity contribution is 7.90. The fourth-order valence-electron chi connectivity index (χ4n) is 2.17. The second-order valence-electron chi connectivity index (χ2n) is 5.72. The molecular weight excluding hydrogens is 332 g/mol. The lowest BCUT2D eigenvalue weighted by molar-refractivity contribution is -0.153. The zero-order chi connectivity index (χ0) is 18.0. The van der Waals surface area contributed by atoms with Gasteiger partial charge in [0.05, 0.1) is 4.90 Å². The lowest BCUT2D eigenvalue weighted by Crippen LogP contribution is -2.43. The molecule has 0 aromatic heterocycles. The third-order valence-electron chi connectivity index (χ3n) is 3.53. The summed E-state index contributed by atoms with van der Waals surface area (Å²) >= 11 is 0. The van der Waals surface area contributed by atoms with Gasteiger partial charge in [-0.15, -0.1) is 0 Å². The van der Waals surface area contributed by atoms with Crippen molar-refractivity contribution < 1.29 is 28.2 Å². The number of aromatic hydroxyl groups is 1. The van der Waals surface area contributed by atoms with Crippen molar-refractivity contribution in [3.8, 4) is 11.5 Å². The molecule has 0 saturated heterocycles. The van der Waals surface area contributed by atoms with Crippen LogP contribution in [-0.4, -0.2) is 36.5 Å². The van der Waals surface area contributed by atoms with E-state index in [0.29, 0.717) is 5.56 Å². The highest BCUT2D eigenvalue weighted by Crippen LogP contribution is 2.25. The van der Waals surface area contributed by atoms with Gasteiger partial charge in [-0.05, 0) is 48.9 Å². The van der Waals surface area contributed by atoms with Gasteiger partial charge < -0.3 is 14.9 Å². The van der Waals surface area contributed by atoms with Crippen molar-refractivity contribution in [2.75, 3.05) is 6.26 Å². The van der Waals surface area contributed by atoms with Gasteiger partial charge in [-0.3, -0.25) is 0 Å². The zero-order valence-electron chi connectivity index (χ0n) is 13.3. The maximum atomic E-state index is 11.7. The summed E-state index contributed by atoms with van der Waals surface area (Å²) in [7, 11) is -3.33. The number of hydrogen-bond acceptors (Lipinski definition) is 5. The van der Waals surface area contributed by atoms with Gasteiger partial charge in [-0.2, -0.15) is 0 Å². The van der Waals surface area contributed by atoms with E-state index < -0.39 is 21.4 Å². The molecule has 6 nitrogen and oxygen atoms in total. The van der Waals surface area contributed by atoms with E-state index in [0.717, 1.165) is 6.26 Å². The van der Waals surface area contributed by atoms with Crippen LogP contribution in [0.1, 0.15) is 12.5 Å². The number of rotatable bonds is 6. The van der Waals surface area contributed by atoms with Crippen LogP contribution in [0.3, 0.4) is 0 Å². The predicted octanol–water partition coefficient (Wildman–Crippen LogP) is 2.26. The van der Waals surface area contributed by atoms with E-state index in [9.17, 15) is 23.4 Å². The number of carboxylic acid groups (broad SMARTS) is 1. The quantitative estimate of drug-likeness (QED) is 0.829. The summed E-state index contributed by atoms with van der Waals surface area (Å²) in [6.45, 7) is 1.44. The topological polar surface area (TPSA) is 101 Å². The minimum Gasteiger partial charge on any atom is -0.508 e. The number of aliphatic carboxylic acids is 1. The Balaban J connectivity index is 2.24. The lowest BCUT2D eigenvalue weighted by atomic mass is 9.96. The van der Waals surface area contributed by atoms with Crippen molar-refractivity contribution in [3.63, 3.8) is 0 Å². The van der Waals surface area contributed by atoms with Crippen LogP contribution >= 0.6 is 0 Å². The first-order valence-corrected chi connectivity index (χ1v) is 9.00. The van der Waals surface area contributed by atoms with E-state index in [1.165, 1.54) is 43.3 Å². The lowest BCUT2D eigenvalue weighted by Gasteiger charge is -2.26. The summed E-state index contributed by atoms with van der Waals surface area (Å²) in [6.07, 6.45) is 1.17. The van der Waals surface area contributed by atoms with E-state index in [4.69, 9.17) is 4.74 Å².